The molecule has 1 aliphatic heterocycles. The lowest BCUT2D eigenvalue weighted by atomic mass is 9.99. The van der Waals surface area contributed by atoms with Gasteiger partial charge in [-0.2, -0.15) is 0 Å². The Morgan fingerprint density at radius 1 is 0.508 bits per heavy atom. The van der Waals surface area contributed by atoms with E-state index >= 15 is 0 Å². The first-order valence-electron chi connectivity index (χ1n) is 28.4. The van der Waals surface area contributed by atoms with Gasteiger partial charge in [0.2, 0.25) is 5.91 Å². The number of aliphatic hydroxyl groups is 5. The van der Waals surface area contributed by atoms with Crippen LogP contribution in [-0.2, 0) is 14.3 Å². The van der Waals surface area contributed by atoms with E-state index in [2.05, 4.69) is 19.2 Å². The fourth-order valence-corrected chi connectivity index (χ4v) is 9.34. The molecule has 0 aromatic rings. The highest BCUT2D eigenvalue weighted by molar-refractivity contribution is 5.76. The Morgan fingerprint density at radius 3 is 1.20 bits per heavy atom. The Bertz CT molecular complexity index is 1030. The molecule has 0 bridgehead atoms. The average Bonchev–Trinajstić information content (AvgIpc) is 3.31. The van der Waals surface area contributed by atoms with Crippen LogP contribution in [0, 0.1) is 0 Å². The van der Waals surface area contributed by atoms with Gasteiger partial charge in [0.25, 0.3) is 0 Å². The molecule has 9 heteroatoms. The van der Waals surface area contributed by atoms with E-state index in [0.29, 0.717) is 6.42 Å². The maximum atomic E-state index is 13.0. The minimum absolute atomic E-state index is 0.170. The van der Waals surface area contributed by atoms with Crippen molar-refractivity contribution in [1.29, 1.82) is 0 Å². The van der Waals surface area contributed by atoms with E-state index in [0.717, 1.165) is 38.5 Å². The van der Waals surface area contributed by atoms with Crippen LogP contribution in [0.5, 0.6) is 0 Å². The van der Waals surface area contributed by atoms with Gasteiger partial charge in [-0.15, -0.1) is 0 Å². The number of rotatable bonds is 49. The van der Waals surface area contributed by atoms with Gasteiger partial charge >= 0.3 is 0 Å². The topological polar surface area (TPSA) is 149 Å². The highest BCUT2D eigenvalue weighted by Crippen LogP contribution is 2.23. The number of aliphatic hydroxyl groups excluding tert-OH is 5. The molecule has 0 aromatic carbocycles. The fourth-order valence-electron chi connectivity index (χ4n) is 9.34. The van der Waals surface area contributed by atoms with E-state index in [-0.39, 0.29) is 12.5 Å². The van der Waals surface area contributed by atoms with Gasteiger partial charge in [-0.3, -0.25) is 4.79 Å². The Morgan fingerprint density at radius 2 is 0.846 bits per heavy atom. The van der Waals surface area contributed by atoms with Crippen LogP contribution in [0.2, 0.25) is 0 Å². The van der Waals surface area contributed by atoms with Gasteiger partial charge in [-0.05, 0) is 19.3 Å². The van der Waals surface area contributed by atoms with Crippen molar-refractivity contribution in [2.24, 2.45) is 0 Å². The molecule has 1 saturated heterocycles. The molecule has 6 N–H and O–H groups in total. The van der Waals surface area contributed by atoms with Gasteiger partial charge in [0.1, 0.15) is 24.4 Å². The maximum Gasteiger partial charge on any atom is 0.220 e. The summed E-state index contributed by atoms with van der Waals surface area (Å²) in [6.45, 7) is 3.82. The molecule has 0 radical (unpaired) electrons. The van der Waals surface area contributed by atoms with Gasteiger partial charge in [0, 0.05) is 6.42 Å². The second-order valence-corrected chi connectivity index (χ2v) is 20.1. The predicted molar refractivity (Wildman–Crippen MR) is 272 cm³/mol. The third-order valence-electron chi connectivity index (χ3n) is 13.9. The lowest BCUT2D eigenvalue weighted by molar-refractivity contribution is -0.302. The summed E-state index contributed by atoms with van der Waals surface area (Å²) < 4.78 is 11.3. The van der Waals surface area contributed by atoms with Gasteiger partial charge in [0.15, 0.2) is 6.29 Å². The maximum absolute atomic E-state index is 13.0. The van der Waals surface area contributed by atoms with Gasteiger partial charge in [0.05, 0.1) is 25.4 Å². The summed E-state index contributed by atoms with van der Waals surface area (Å²) in [5.41, 5.74) is 0. The van der Waals surface area contributed by atoms with Gasteiger partial charge < -0.3 is 40.3 Å². The predicted octanol–water partition coefficient (Wildman–Crippen LogP) is 13.6. The van der Waals surface area contributed by atoms with E-state index in [9.17, 15) is 30.3 Å². The third-order valence-corrected chi connectivity index (χ3v) is 13.9. The Kier molecular flexibility index (Phi) is 44.5. The number of hydrogen-bond donors (Lipinski definition) is 6. The Balaban J connectivity index is 2.22. The molecule has 1 amide bonds. The average molecular weight is 924 g/mol. The summed E-state index contributed by atoms with van der Waals surface area (Å²) in [7, 11) is 0. The molecular weight excluding hydrogens is 815 g/mol. The summed E-state index contributed by atoms with van der Waals surface area (Å²) in [6, 6.07) is -0.800. The molecule has 386 valence electrons. The summed E-state index contributed by atoms with van der Waals surface area (Å²) >= 11 is 0. The fraction of sp³-hybridized carbons (Fsp3) is 0.946. The normalized spacial score (nSPS) is 19.9. The van der Waals surface area contributed by atoms with Crippen molar-refractivity contribution in [3.63, 3.8) is 0 Å². The zero-order valence-corrected chi connectivity index (χ0v) is 42.8. The van der Waals surface area contributed by atoms with Crippen molar-refractivity contribution in [3.05, 3.63) is 12.2 Å². The van der Waals surface area contributed by atoms with E-state index < -0.39 is 49.5 Å². The smallest absolute Gasteiger partial charge is 0.220 e. The van der Waals surface area contributed by atoms with Crippen molar-refractivity contribution < 1.29 is 39.8 Å². The van der Waals surface area contributed by atoms with Crippen LogP contribution in [-0.4, -0.2) is 87.5 Å². The standard InChI is InChI=1S/C56H109NO8/c1-3-5-7-9-11-13-15-17-19-21-23-24-25-26-28-30-32-34-36-38-40-42-44-46-52(60)57-49(48-64-56-55(63)54(62)53(61)51(47-58)65-56)50(59)45-43-41-39-37-35-33-31-29-27-22-20-18-16-14-12-10-8-6-4-2/h43,45,49-51,53-56,58-59,61-63H,3-42,44,46-48H2,1-2H3,(H,57,60)/b45-43+. The van der Waals surface area contributed by atoms with Crippen LogP contribution in [0.1, 0.15) is 284 Å². The summed E-state index contributed by atoms with van der Waals surface area (Å²) in [5, 5.41) is 54.5. The number of ether oxygens (including phenoxy) is 2. The molecule has 1 aliphatic rings. The molecule has 0 spiro atoms. The number of amides is 1. The second kappa shape index (κ2) is 46.6. The first-order chi connectivity index (χ1) is 31.8. The largest absolute Gasteiger partial charge is 0.394 e. The van der Waals surface area contributed by atoms with E-state index in [1.54, 1.807) is 6.08 Å². The van der Waals surface area contributed by atoms with Crippen LogP contribution in [0.4, 0.5) is 0 Å². The summed E-state index contributed by atoms with van der Waals surface area (Å²) in [4.78, 5) is 13.0. The molecule has 9 nitrogen and oxygen atoms in total. The first kappa shape index (κ1) is 61.9. The van der Waals surface area contributed by atoms with Crippen LogP contribution < -0.4 is 5.32 Å². The molecule has 1 heterocycles. The first-order valence-corrected chi connectivity index (χ1v) is 28.4. The molecule has 7 unspecified atom stereocenters. The number of allylic oxidation sites excluding steroid dienone is 1. The van der Waals surface area contributed by atoms with E-state index in [1.165, 1.54) is 225 Å². The minimum Gasteiger partial charge on any atom is -0.394 e. The number of carbonyl (C=O) groups excluding carboxylic acids is 1. The third kappa shape index (κ3) is 36.6. The SMILES string of the molecule is CCCCCCCCCCCCCCCCCCC/C=C/C(O)C(COC1OC(CO)C(O)C(O)C1O)NC(=O)CCCCCCCCCCCCCCCCCCCCCCCCC. The number of carbonyl (C=O) groups is 1. The molecule has 0 aliphatic carbocycles. The molecule has 65 heavy (non-hydrogen) atoms. The van der Waals surface area contributed by atoms with Crippen molar-refractivity contribution in [1.82, 2.24) is 5.32 Å². The zero-order valence-electron chi connectivity index (χ0n) is 42.8. The van der Waals surface area contributed by atoms with Crippen molar-refractivity contribution >= 4 is 5.91 Å². The molecule has 1 rings (SSSR count). The lowest BCUT2D eigenvalue weighted by Gasteiger charge is -2.40. The van der Waals surface area contributed by atoms with Crippen molar-refractivity contribution in [2.75, 3.05) is 13.2 Å². The summed E-state index contributed by atoms with van der Waals surface area (Å²) in [5.74, 6) is -0.170. The second-order valence-electron chi connectivity index (χ2n) is 20.1. The zero-order chi connectivity index (χ0) is 47.3. The van der Waals surface area contributed by atoms with Crippen molar-refractivity contribution in [2.45, 2.75) is 326 Å². The molecule has 0 saturated carbocycles. The minimum atomic E-state index is -1.56. The van der Waals surface area contributed by atoms with Crippen LogP contribution >= 0.6 is 0 Å². The molecule has 1 fully saturated rings. The molecule has 7 atom stereocenters. The van der Waals surface area contributed by atoms with E-state index in [1.807, 2.05) is 6.08 Å². The van der Waals surface area contributed by atoms with Crippen molar-refractivity contribution in [3.8, 4) is 0 Å². The van der Waals surface area contributed by atoms with Crippen LogP contribution in [0.25, 0.3) is 0 Å². The van der Waals surface area contributed by atoms with Crippen LogP contribution in [0.15, 0.2) is 12.2 Å². The number of unbranched alkanes of at least 4 members (excludes halogenated alkanes) is 39. The monoisotopic (exact) mass is 924 g/mol. The van der Waals surface area contributed by atoms with Crippen LogP contribution in [0.3, 0.4) is 0 Å². The molecule has 0 aromatic heterocycles. The quantitative estimate of drug-likeness (QED) is 0.0261. The molecular formula is C56H109NO8. The highest BCUT2D eigenvalue weighted by Gasteiger charge is 2.44. The summed E-state index contributed by atoms with van der Waals surface area (Å²) in [6.07, 6.45) is 49.8. The van der Waals surface area contributed by atoms with Gasteiger partial charge in [-0.25, -0.2) is 0 Å². The van der Waals surface area contributed by atoms with Gasteiger partial charge in [-0.1, -0.05) is 270 Å². The number of nitrogens with one attached hydrogen (secondary N) is 1. The Labute approximate surface area is 401 Å². The number of hydrogen-bond acceptors (Lipinski definition) is 8. The Hall–Kier alpha value is -1.07. The van der Waals surface area contributed by atoms with E-state index in [4.69, 9.17) is 9.47 Å². The lowest BCUT2D eigenvalue weighted by Crippen LogP contribution is -2.60. The highest BCUT2D eigenvalue weighted by atomic mass is 16.7.